The van der Waals surface area contributed by atoms with Crippen molar-refractivity contribution in [3.63, 3.8) is 0 Å². The molecular formula is C23H24N8. The zero-order chi connectivity index (χ0) is 22.2. The van der Waals surface area contributed by atoms with Crippen molar-refractivity contribution in [1.82, 2.24) is 9.97 Å². The summed E-state index contributed by atoms with van der Waals surface area (Å²) in [6, 6.07) is 12.7. The molecule has 0 amide bonds. The Balaban J connectivity index is 1.88. The van der Waals surface area contributed by atoms with Crippen molar-refractivity contribution in [2.45, 2.75) is 0 Å². The molecule has 31 heavy (non-hydrogen) atoms. The minimum Gasteiger partial charge on any atom is -0.405 e. The summed E-state index contributed by atoms with van der Waals surface area (Å²) in [5.74, 6) is 1.15. The van der Waals surface area contributed by atoms with Crippen molar-refractivity contribution in [3.05, 3.63) is 89.9 Å². The zero-order valence-corrected chi connectivity index (χ0v) is 16.8. The molecule has 0 spiro atoms. The van der Waals surface area contributed by atoms with E-state index < -0.39 is 0 Å². The molecule has 3 rings (SSSR count). The van der Waals surface area contributed by atoms with Gasteiger partial charge in [-0.15, -0.1) is 0 Å². The van der Waals surface area contributed by atoms with E-state index in [1.165, 1.54) is 18.6 Å². The zero-order valence-electron chi connectivity index (χ0n) is 16.8. The average Bonchev–Trinajstić information content (AvgIpc) is 2.79. The van der Waals surface area contributed by atoms with Gasteiger partial charge in [0.25, 0.3) is 0 Å². The molecule has 0 radical (unpaired) electrons. The largest absolute Gasteiger partial charge is 0.405 e. The van der Waals surface area contributed by atoms with Gasteiger partial charge < -0.3 is 33.7 Å². The first-order valence-electron chi connectivity index (χ1n) is 9.42. The summed E-state index contributed by atoms with van der Waals surface area (Å²) in [7, 11) is 0. The number of nitrogens with two attached hydrogens (primary N) is 4. The Hall–Kier alpha value is -4.59. The Bertz CT molecular complexity index is 1180. The van der Waals surface area contributed by atoms with Gasteiger partial charge in [0.15, 0.2) is 5.82 Å². The van der Waals surface area contributed by atoms with Crippen molar-refractivity contribution >= 4 is 35.2 Å². The molecule has 0 unspecified atom stereocenters. The van der Waals surface area contributed by atoms with Crippen molar-refractivity contribution in [1.29, 1.82) is 5.41 Å². The van der Waals surface area contributed by atoms with E-state index in [2.05, 4.69) is 15.3 Å². The summed E-state index contributed by atoms with van der Waals surface area (Å²) in [4.78, 5) is 8.97. The summed E-state index contributed by atoms with van der Waals surface area (Å²) in [5.41, 5.74) is 27.9. The Labute approximate surface area is 180 Å². The van der Waals surface area contributed by atoms with Crippen LogP contribution in [0.5, 0.6) is 0 Å². The fourth-order valence-electron chi connectivity index (χ4n) is 2.81. The molecule has 0 bridgehead atoms. The Morgan fingerprint density at radius 1 is 0.935 bits per heavy atom. The van der Waals surface area contributed by atoms with Crippen molar-refractivity contribution in [2.24, 2.45) is 11.5 Å². The molecule has 2 aromatic carbocycles. The number of aromatic nitrogens is 2. The SMILES string of the molecule is N=Cc1cc(Nc2ccnc(-c3ccc(N)c(/C=C/C(/C=C\N)=C/N)c3)n2)ccc1N. The highest BCUT2D eigenvalue weighted by Gasteiger charge is 2.07. The quantitative estimate of drug-likeness (QED) is 0.196. The van der Waals surface area contributed by atoms with Gasteiger partial charge in [-0.1, -0.05) is 12.2 Å². The number of benzene rings is 2. The minimum atomic E-state index is 0.541. The summed E-state index contributed by atoms with van der Waals surface area (Å²) < 4.78 is 0. The van der Waals surface area contributed by atoms with Crippen LogP contribution >= 0.6 is 0 Å². The Morgan fingerprint density at radius 2 is 1.71 bits per heavy atom. The minimum absolute atomic E-state index is 0.541. The summed E-state index contributed by atoms with van der Waals surface area (Å²) in [6.45, 7) is 0. The topological polar surface area (TPSA) is 166 Å². The molecule has 0 atom stereocenters. The maximum atomic E-state index is 7.45. The van der Waals surface area contributed by atoms with E-state index in [0.717, 1.165) is 22.4 Å². The van der Waals surface area contributed by atoms with E-state index >= 15 is 0 Å². The van der Waals surface area contributed by atoms with E-state index in [-0.39, 0.29) is 0 Å². The van der Waals surface area contributed by atoms with Gasteiger partial charge in [0.1, 0.15) is 5.82 Å². The lowest BCUT2D eigenvalue weighted by Crippen LogP contribution is -1.99. The fourth-order valence-corrected chi connectivity index (χ4v) is 2.81. The number of nitrogen functional groups attached to an aromatic ring is 2. The van der Waals surface area contributed by atoms with Crippen LogP contribution < -0.4 is 28.3 Å². The first-order chi connectivity index (χ1) is 15.0. The van der Waals surface area contributed by atoms with Crippen LogP contribution in [-0.2, 0) is 0 Å². The second kappa shape index (κ2) is 9.75. The predicted molar refractivity (Wildman–Crippen MR) is 129 cm³/mol. The monoisotopic (exact) mass is 412 g/mol. The molecule has 10 N–H and O–H groups in total. The molecule has 0 saturated heterocycles. The van der Waals surface area contributed by atoms with Crippen molar-refractivity contribution in [3.8, 4) is 11.4 Å². The van der Waals surface area contributed by atoms with Gasteiger partial charge in [0.05, 0.1) is 0 Å². The second-order valence-electron chi connectivity index (χ2n) is 6.58. The second-order valence-corrected chi connectivity index (χ2v) is 6.58. The molecule has 0 aliphatic rings. The maximum Gasteiger partial charge on any atom is 0.161 e. The van der Waals surface area contributed by atoms with E-state index in [4.69, 9.17) is 28.3 Å². The summed E-state index contributed by atoms with van der Waals surface area (Å²) >= 11 is 0. The molecule has 1 aromatic heterocycles. The number of anilines is 4. The number of rotatable bonds is 7. The lowest BCUT2D eigenvalue weighted by atomic mass is 10.1. The number of hydrogen-bond acceptors (Lipinski definition) is 8. The summed E-state index contributed by atoms with van der Waals surface area (Å²) in [5, 5.41) is 10.7. The predicted octanol–water partition coefficient (Wildman–Crippen LogP) is 3.38. The molecule has 0 fully saturated rings. The van der Waals surface area contributed by atoms with Gasteiger partial charge in [-0.05, 0) is 65.9 Å². The highest BCUT2D eigenvalue weighted by molar-refractivity contribution is 5.87. The molecule has 3 aromatic rings. The van der Waals surface area contributed by atoms with Crippen LogP contribution in [-0.4, -0.2) is 16.2 Å². The number of nitrogens with one attached hydrogen (secondary N) is 2. The van der Waals surface area contributed by atoms with Crippen LogP contribution in [0.3, 0.4) is 0 Å². The Kier molecular flexibility index (Phi) is 6.64. The van der Waals surface area contributed by atoms with Gasteiger partial charge in [-0.3, -0.25) is 0 Å². The third-order valence-electron chi connectivity index (χ3n) is 4.45. The summed E-state index contributed by atoms with van der Waals surface area (Å²) in [6.07, 6.45) is 11.1. The molecule has 1 heterocycles. The van der Waals surface area contributed by atoms with Gasteiger partial charge >= 0.3 is 0 Å². The maximum absolute atomic E-state index is 7.45. The van der Waals surface area contributed by atoms with E-state index in [9.17, 15) is 0 Å². The first-order valence-corrected chi connectivity index (χ1v) is 9.42. The average molecular weight is 413 g/mol. The van der Waals surface area contributed by atoms with Crippen LogP contribution in [0, 0.1) is 5.41 Å². The number of hydrogen-bond donors (Lipinski definition) is 6. The van der Waals surface area contributed by atoms with Crippen LogP contribution in [0.2, 0.25) is 0 Å². The van der Waals surface area contributed by atoms with Crippen LogP contribution in [0.1, 0.15) is 11.1 Å². The lowest BCUT2D eigenvalue weighted by molar-refractivity contribution is 1.17. The van der Waals surface area contributed by atoms with Gasteiger partial charge in [-0.2, -0.15) is 0 Å². The molecule has 0 aliphatic heterocycles. The molecule has 8 heteroatoms. The number of allylic oxidation sites excluding steroid dienone is 3. The van der Waals surface area contributed by atoms with Crippen LogP contribution in [0.15, 0.2) is 78.8 Å². The van der Waals surface area contributed by atoms with Gasteiger partial charge in [0, 0.05) is 46.8 Å². The van der Waals surface area contributed by atoms with Crippen molar-refractivity contribution in [2.75, 3.05) is 16.8 Å². The normalized spacial score (nSPS) is 11.8. The van der Waals surface area contributed by atoms with E-state index in [0.29, 0.717) is 28.6 Å². The molecule has 156 valence electrons. The molecule has 8 nitrogen and oxygen atoms in total. The van der Waals surface area contributed by atoms with E-state index in [1.807, 2.05) is 30.4 Å². The standard InChI is InChI=1S/C23H24N8/c24-9-7-15(13-25)1-2-16-11-17(3-5-20(16)27)23-29-10-8-22(31-23)30-19-4-6-21(28)18(12-19)14-26/h1-14,26H,24-25,27-28H2,(H,29,30,31)/b2-1+,9-7-,15-13-,26-14?. The third-order valence-corrected chi connectivity index (χ3v) is 4.45. The first kappa shape index (κ1) is 21.1. The molecule has 0 aliphatic carbocycles. The smallest absolute Gasteiger partial charge is 0.161 e. The number of nitrogens with zero attached hydrogens (tertiary/aromatic N) is 2. The lowest BCUT2D eigenvalue weighted by Gasteiger charge is -2.10. The van der Waals surface area contributed by atoms with Crippen LogP contribution in [0.4, 0.5) is 22.9 Å². The Morgan fingerprint density at radius 3 is 2.45 bits per heavy atom. The van der Waals surface area contributed by atoms with Gasteiger partial charge in [0.2, 0.25) is 0 Å². The van der Waals surface area contributed by atoms with Gasteiger partial charge in [-0.25, -0.2) is 9.97 Å². The van der Waals surface area contributed by atoms with Crippen molar-refractivity contribution < 1.29 is 0 Å². The fraction of sp³-hybridized carbons (Fsp3) is 0. The molecular weight excluding hydrogens is 388 g/mol. The van der Waals surface area contributed by atoms with E-state index in [1.54, 1.807) is 36.5 Å². The molecule has 0 saturated carbocycles. The highest BCUT2D eigenvalue weighted by Crippen LogP contribution is 2.25. The highest BCUT2D eigenvalue weighted by atomic mass is 15.0. The third kappa shape index (κ3) is 5.27. The van der Waals surface area contributed by atoms with Crippen LogP contribution in [0.25, 0.3) is 17.5 Å².